The molecule has 0 saturated carbocycles. The maximum Gasteiger partial charge on any atom is 0.124 e. The smallest absolute Gasteiger partial charge is 0.124 e. The van der Waals surface area contributed by atoms with Crippen molar-refractivity contribution in [3.05, 3.63) is 81.8 Å². The van der Waals surface area contributed by atoms with Gasteiger partial charge in [-0.3, -0.25) is 4.99 Å². The highest BCUT2D eigenvalue weighted by Crippen LogP contribution is 2.31. The maximum absolute atomic E-state index is 6.18. The van der Waals surface area contributed by atoms with E-state index in [0.29, 0.717) is 10.0 Å². The molecule has 0 radical (unpaired) electrons. The van der Waals surface area contributed by atoms with Gasteiger partial charge in [0.15, 0.2) is 0 Å². The lowest BCUT2D eigenvalue weighted by Gasteiger charge is -2.00. The van der Waals surface area contributed by atoms with E-state index in [9.17, 15) is 0 Å². The summed E-state index contributed by atoms with van der Waals surface area (Å²) < 4.78 is 1.20. The molecule has 0 atom stereocenters. The van der Waals surface area contributed by atoms with Crippen LogP contribution < -0.4 is 0 Å². The molecule has 1 heterocycles. The third kappa shape index (κ3) is 3.51. The van der Waals surface area contributed by atoms with Gasteiger partial charge in [0.05, 0.1) is 25.9 Å². The van der Waals surface area contributed by atoms with Crippen molar-refractivity contribution < 1.29 is 0 Å². The van der Waals surface area contributed by atoms with Crippen molar-refractivity contribution >= 4 is 56.7 Å². The monoisotopic (exact) mass is 396 g/mol. The van der Waals surface area contributed by atoms with Gasteiger partial charge in [0, 0.05) is 17.3 Å². The third-order valence-corrected chi connectivity index (χ3v) is 5.91. The second kappa shape index (κ2) is 7.20. The summed E-state index contributed by atoms with van der Waals surface area (Å²) in [4.78, 5) is 9.22. The molecule has 4 aromatic rings. The van der Waals surface area contributed by atoms with Crippen LogP contribution >= 0.6 is 34.5 Å². The van der Waals surface area contributed by atoms with E-state index >= 15 is 0 Å². The number of nitrogens with zero attached hydrogens (tertiary/aromatic N) is 2. The van der Waals surface area contributed by atoms with E-state index in [1.807, 2.05) is 36.4 Å². The SMILES string of the molecule is Cc1ccc2sc(-c3ccc(N=Cc4cccc(Cl)c4Cl)cc3)nc2c1. The Balaban J connectivity index is 1.59. The molecule has 0 aliphatic rings. The lowest BCUT2D eigenvalue weighted by molar-refractivity contribution is 1.43. The van der Waals surface area contributed by atoms with Gasteiger partial charge in [0.1, 0.15) is 5.01 Å². The first-order valence-corrected chi connectivity index (χ1v) is 9.63. The fourth-order valence-corrected chi connectivity index (χ4v) is 3.92. The van der Waals surface area contributed by atoms with Gasteiger partial charge in [-0.05, 0) is 55.0 Å². The van der Waals surface area contributed by atoms with E-state index in [2.05, 4.69) is 30.1 Å². The molecular weight excluding hydrogens is 383 g/mol. The number of hydrogen-bond acceptors (Lipinski definition) is 3. The molecule has 3 aromatic carbocycles. The highest BCUT2D eigenvalue weighted by Gasteiger charge is 2.06. The zero-order valence-electron chi connectivity index (χ0n) is 13.9. The average molecular weight is 397 g/mol. The van der Waals surface area contributed by atoms with Gasteiger partial charge in [-0.25, -0.2) is 4.98 Å². The third-order valence-electron chi connectivity index (χ3n) is 3.99. The Morgan fingerprint density at radius 1 is 1.00 bits per heavy atom. The quantitative estimate of drug-likeness (QED) is 0.332. The second-order valence-corrected chi connectivity index (χ2v) is 7.75. The molecule has 0 N–H and O–H groups in total. The van der Waals surface area contributed by atoms with Gasteiger partial charge >= 0.3 is 0 Å². The Morgan fingerprint density at radius 3 is 2.62 bits per heavy atom. The zero-order chi connectivity index (χ0) is 18.1. The summed E-state index contributed by atoms with van der Waals surface area (Å²) in [6.45, 7) is 2.08. The largest absolute Gasteiger partial charge is 0.256 e. The minimum absolute atomic E-state index is 0.513. The number of thiazole rings is 1. The van der Waals surface area contributed by atoms with E-state index in [0.717, 1.165) is 27.3 Å². The first-order valence-electron chi connectivity index (χ1n) is 8.06. The number of benzene rings is 3. The predicted octanol–water partition coefficient (Wildman–Crippen LogP) is 7.33. The maximum atomic E-state index is 6.18. The molecule has 0 fully saturated rings. The number of halogens is 2. The lowest BCUT2D eigenvalue weighted by atomic mass is 10.2. The number of aryl methyl sites for hydroxylation is 1. The van der Waals surface area contributed by atoms with E-state index in [-0.39, 0.29) is 0 Å². The molecule has 26 heavy (non-hydrogen) atoms. The van der Waals surface area contributed by atoms with Crippen LogP contribution in [0.25, 0.3) is 20.8 Å². The van der Waals surface area contributed by atoms with Crippen molar-refractivity contribution in [2.75, 3.05) is 0 Å². The Hall–Kier alpha value is -2.20. The predicted molar refractivity (Wildman–Crippen MR) is 114 cm³/mol. The Kier molecular flexibility index (Phi) is 4.77. The number of aromatic nitrogens is 1. The van der Waals surface area contributed by atoms with Gasteiger partial charge in [-0.2, -0.15) is 0 Å². The van der Waals surface area contributed by atoms with Gasteiger partial charge in [-0.1, -0.05) is 41.4 Å². The van der Waals surface area contributed by atoms with Gasteiger partial charge < -0.3 is 0 Å². The number of hydrogen-bond donors (Lipinski definition) is 0. The molecule has 0 spiro atoms. The molecular formula is C21H14Cl2N2S. The summed E-state index contributed by atoms with van der Waals surface area (Å²) >= 11 is 13.9. The first kappa shape index (κ1) is 17.2. The van der Waals surface area contributed by atoms with Crippen LogP contribution in [0, 0.1) is 6.92 Å². The summed E-state index contributed by atoms with van der Waals surface area (Å²) in [5.74, 6) is 0. The van der Waals surface area contributed by atoms with Gasteiger partial charge in [-0.15, -0.1) is 11.3 Å². The summed E-state index contributed by atoms with van der Waals surface area (Å²) in [5.41, 5.74) is 5.00. The fourth-order valence-electron chi connectivity index (χ4n) is 2.62. The summed E-state index contributed by atoms with van der Waals surface area (Å²) in [6.07, 6.45) is 1.73. The second-order valence-electron chi connectivity index (χ2n) is 5.94. The zero-order valence-corrected chi connectivity index (χ0v) is 16.2. The first-order chi connectivity index (χ1) is 12.6. The van der Waals surface area contributed by atoms with Crippen molar-refractivity contribution in [2.45, 2.75) is 6.92 Å². The molecule has 4 rings (SSSR count). The summed E-state index contributed by atoms with van der Waals surface area (Å²) in [6, 6.07) is 19.9. The number of rotatable bonds is 3. The average Bonchev–Trinajstić information content (AvgIpc) is 3.06. The van der Waals surface area contributed by atoms with Crippen molar-refractivity contribution in [1.29, 1.82) is 0 Å². The van der Waals surface area contributed by atoms with E-state index < -0.39 is 0 Å². The highest BCUT2D eigenvalue weighted by atomic mass is 35.5. The lowest BCUT2D eigenvalue weighted by Crippen LogP contribution is -1.83. The molecule has 1 aromatic heterocycles. The molecule has 128 valence electrons. The molecule has 0 unspecified atom stereocenters. The minimum Gasteiger partial charge on any atom is -0.256 e. The molecule has 0 amide bonds. The van der Waals surface area contributed by atoms with Crippen molar-refractivity contribution in [1.82, 2.24) is 4.98 Å². The summed E-state index contributed by atoms with van der Waals surface area (Å²) in [7, 11) is 0. The minimum atomic E-state index is 0.513. The highest BCUT2D eigenvalue weighted by molar-refractivity contribution is 7.21. The molecule has 0 aliphatic carbocycles. The fraction of sp³-hybridized carbons (Fsp3) is 0.0476. The van der Waals surface area contributed by atoms with Gasteiger partial charge in [0.25, 0.3) is 0 Å². The van der Waals surface area contributed by atoms with Crippen molar-refractivity contribution in [2.24, 2.45) is 4.99 Å². The number of fused-ring (bicyclic) bond motifs is 1. The molecule has 0 saturated heterocycles. The van der Waals surface area contributed by atoms with Gasteiger partial charge in [0.2, 0.25) is 0 Å². The van der Waals surface area contributed by atoms with Crippen LogP contribution in [0.15, 0.2) is 65.7 Å². The molecule has 0 bridgehead atoms. The van der Waals surface area contributed by atoms with Crippen LogP contribution in [-0.2, 0) is 0 Å². The van der Waals surface area contributed by atoms with Crippen LogP contribution in [0.1, 0.15) is 11.1 Å². The van der Waals surface area contributed by atoms with Crippen LogP contribution in [0.5, 0.6) is 0 Å². The molecule has 5 heteroatoms. The molecule has 0 aliphatic heterocycles. The van der Waals surface area contributed by atoms with Crippen LogP contribution in [0.3, 0.4) is 0 Å². The van der Waals surface area contributed by atoms with Crippen molar-refractivity contribution in [3.8, 4) is 10.6 Å². The standard InChI is InChI=1S/C21H14Cl2N2S/c1-13-5-10-19-18(11-13)25-21(26-19)14-6-8-16(9-7-14)24-12-15-3-2-4-17(22)20(15)23/h2-12H,1H3. The van der Waals surface area contributed by atoms with E-state index in [4.69, 9.17) is 28.2 Å². The van der Waals surface area contributed by atoms with E-state index in [1.165, 1.54) is 10.3 Å². The Bertz CT molecular complexity index is 1110. The van der Waals surface area contributed by atoms with E-state index in [1.54, 1.807) is 23.6 Å². The topological polar surface area (TPSA) is 25.2 Å². The Morgan fingerprint density at radius 2 is 1.81 bits per heavy atom. The summed E-state index contributed by atoms with van der Waals surface area (Å²) in [5, 5.41) is 2.05. The molecule has 2 nitrogen and oxygen atoms in total. The number of aliphatic imine (C=N–C) groups is 1. The van der Waals surface area contributed by atoms with Crippen LogP contribution in [-0.4, -0.2) is 11.2 Å². The van der Waals surface area contributed by atoms with Crippen LogP contribution in [0.2, 0.25) is 10.0 Å². The normalized spacial score (nSPS) is 11.5. The van der Waals surface area contributed by atoms with Crippen molar-refractivity contribution in [3.63, 3.8) is 0 Å². The van der Waals surface area contributed by atoms with Crippen LogP contribution in [0.4, 0.5) is 5.69 Å². The Labute approximate surface area is 165 Å².